The number of amides is 3. The lowest BCUT2D eigenvalue weighted by Crippen LogP contribution is -2.54. The molecule has 3 amide bonds. The Morgan fingerprint density at radius 2 is 1.83 bits per heavy atom. The summed E-state index contributed by atoms with van der Waals surface area (Å²) in [5.74, 6) is -1.78. The summed E-state index contributed by atoms with van der Waals surface area (Å²) < 4.78 is 9.56. The lowest BCUT2D eigenvalue weighted by Gasteiger charge is -2.26. The van der Waals surface area contributed by atoms with E-state index in [0.717, 1.165) is 10.5 Å². The number of methoxy groups -OCH3 is 2. The van der Waals surface area contributed by atoms with E-state index in [9.17, 15) is 19.2 Å². The Kier molecular flexibility index (Phi) is 7.72. The second kappa shape index (κ2) is 10.0. The van der Waals surface area contributed by atoms with Gasteiger partial charge in [-0.15, -0.1) is 0 Å². The van der Waals surface area contributed by atoms with E-state index < -0.39 is 42.0 Å². The van der Waals surface area contributed by atoms with E-state index in [1.807, 2.05) is 30.3 Å². The number of esters is 2. The fourth-order valence-corrected chi connectivity index (χ4v) is 3.25. The fraction of sp³-hybridized carbons (Fsp3) is 0.500. The molecule has 29 heavy (non-hydrogen) atoms. The quantitative estimate of drug-likeness (QED) is 0.631. The first kappa shape index (κ1) is 22.4. The van der Waals surface area contributed by atoms with Crippen molar-refractivity contribution in [1.29, 1.82) is 0 Å². The van der Waals surface area contributed by atoms with Gasteiger partial charge in [0.15, 0.2) is 6.04 Å². The molecule has 9 nitrogen and oxygen atoms in total. The molecular formula is C20H27N3O6. The van der Waals surface area contributed by atoms with Gasteiger partial charge in [-0.25, -0.2) is 14.5 Å². The van der Waals surface area contributed by atoms with E-state index in [1.165, 1.54) is 26.2 Å². The molecule has 0 saturated carbocycles. The van der Waals surface area contributed by atoms with Crippen LogP contribution in [0.2, 0.25) is 0 Å². The van der Waals surface area contributed by atoms with Gasteiger partial charge in [-0.1, -0.05) is 30.3 Å². The Hall–Kier alpha value is -2.94. The third-order valence-electron chi connectivity index (χ3n) is 4.87. The van der Waals surface area contributed by atoms with Crippen LogP contribution in [0.1, 0.15) is 18.9 Å². The summed E-state index contributed by atoms with van der Waals surface area (Å²) in [6.45, 7) is 1.60. The molecule has 0 aliphatic carbocycles. The maximum atomic E-state index is 12.9. The summed E-state index contributed by atoms with van der Waals surface area (Å²) in [5.41, 5.74) is 1.05. The highest BCUT2D eigenvalue weighted by Gasteiger charge is 2.45. The Balaban J connectivity index is 2.09. The third kappa shape index (κ3) is 5.32. The molecule has 0 bridgehead atoms. The zero-order chi connectivity index (χ0) is 21.6. The number of carbonyl (C=O) groups excluding carboxylic acids is 4. The van der Waals surface area contributed by atoms with Gasteiger partial charge in [-0.2, -0.15) is 0 Å². The van der Waals surface area contributed by atoms with Crippen LogP contribution in [0.15, 0.2) is 30.3 Å². The molecule has 0 aromatic heterocycles. The number of likely N-dealkylation sites (N-methyl/N-ethyl adjacent to an activating group) is 1. The number of nitrogens with one attached hydrogen (secondary N) is 1. The van der Waals surface area contributed by atoms with E-state index >= 15 is 0 Å². The van der Waals surface area contributed by atoms with Crippen LogP contribution >= 0.6 is 0 Å². The van der Waals surface area contributed by atoms with Crippen LogP contribution in [-0.2, 0) is 30.3 Å². The zero-order valence-corrected chi connectivity index (χ0v) is 17.1. The highest BCUT2D eigenvalue weighted by Crippen LogP contribution is 2.18. The number of hydrogen-bond donors (Lipinski definition) is 1. The van der Waals surface area contributed by atoms with E-state index in [2.05, 4.69) is 5.32 Å². The minimum Gasteiger partial charge on any atom is -0.468 e. The SMILES string of the molecule is COC(=O)C(CCc1ccccc1)NC(C)C(=O)N1C(=O)N(C)CC1C(=O)OC. The number of benzene rings is 1. The van der Waals surface area contributed by atoms with Gasteiger partial charge in [0.2, 0.25) is 5.91 Å². The summed E-state index contributed by atoms with van der Waals surface area (Å²) >= 11 is 0. The molecule has 1 aromatic carbocycles. The first-order valence-corrected chi connectivity index (χ1v) is 9.34. The van der Waals surface area contributed by atoms with Crippen molar-refractivity contribution >= 4 is 23.9 Å². The van der Waals surface area contributed by atoms with Gasteiger partial charge in [0.25, 0.3) is 0 Å². The Labute approximate surface area is 169 Å². The molecular weight excluding hydrogens is 378 g/mol. The van der Waals surface area contributed by atoms with Crippen molar-refractivity contribution < 1.29 is 28.7 Å². The van der Waals surface area contributed by atoms with Crippen LogP contribution in [-0.4, -0.2) is 79.6 Å². The minimum absolute atomic E-state index is 0.0540. The fourth-order valence-electron chi connectivity index (χ4n) is 3.25. The summed E-state index contributed by atoms with van der Waals surface area (Å²) in [4.78, 5) is 51.6. The highest BCUT2D eigenvalue weighted by atomic mass is 16.5. The molecule has 3 atom stereocenters. The molecule has 1 aromatic rings. The predicted molar refractivity (Wildman–Crippen MR) is 104 cm³/mol. The summed E-state index contributed by atoms with van der Waals surface area (Å²) in [6.07, 6.45) is 1.01. The monoisotopic (exact) mass is 405 g/mol. The van der Waals surface area contributed by atoms with Crippen molar-refractivity contribution in [2.24, 2.45) is 0 Å². The summed E-state index contributed by atoms with van der Waals surface area (Å²) in [6, 6.07) is 6.37. The number of aryl methyl sites for hydroxylation is 1. The normalized spacial score (nSPS) is 18.3. The summed E-state index contributed by atoms with van der Waals surface area (Å²) in [7, 11) is 3.98. The first-order chi connectivity index (χ1) is 13.8. The summed E-state index contributed by atoms with van der Waals surface area (Å²) in [5, 5.41) is 2.94. The number of carbonyl (C=O) groups is 4. The predicted octanol–water partition coefficient (Wildman–Crippen LogP) is 0.575. The Morgan fingerprint density at radius 1 is 1.17 bits per heavy atom. The first-order valence-electron chi connectivity index (χ1n) is 9.34. The van der Waals surface area contributed by atoms with Gasteiger partial charge in [-0.05, 0) is 25.3 Å². The number of imide groups is 1. The zero-order valence-electron chi connectivity index (χ0n) is 17.1. The number of urea groups is 1. The second-order valence-electron chi connectivity index (χ2n) is 6.90. The van der Waals surface area contributed by atoms with Crippen LogP contribution in [0.25, 0.3) is 0 Å². The van der Waals surface area contributed by atoms with E-state index in [-0.39, 0.29) is 6.54 Å². The van der Waals surface area contributed by atoms with Crippen LogP contribution < -0.4 is 5.32 Å². The van der Waals surface area contributed by atoms with Gasteiger partial charge in [-0.3, -0.25) is 14.9 Å². The van der Waals surface area contributed by atoms with Gasteiger partial charge < -0.3 is 14.4 Å². The van der Waals surface area contributed by atoms with Crippen LogP contribution in [0.3, 0.4) is 0 Å². The molecule has 3 unspecified atom stereocenters. The molecule has 1 saturated heterocycles. The minimum atomic E-state index is -1.02. The molecule has 158 valence electrons. The molecule has 1 heterocycles. The average molecular weight is 405 g/mol. The molecule has 1 N–H and O–H groups in total. The van der Waals surface area contributed by atoms with Crippen LogP contribution in [0.5, 0.6) is 0 Å². The Bertz CT molecular complexity index is 754. The van der Waals surface area contributed by atoms with Crippen molar-refractivity contribution in [2.45, 2.75) is 37.9 Å². The van der Waals surface area contributed by atoms with Gasteiger partial charge in [0, 0.05) is 7.05 Å². The number of nitrogens with zero attached hydrogens (tertiary/aromatic N) is 2. The number of rotatable bonds is 8. The third-order valence-corrected chi connectivity index (χ3v) is 4.87. The standard InChI is InChI=1S/C20H27N3O6/c1-13(17(24)23-16(19(26)29-4)12-22(2)20(23)27)21-15(18(25)28-3)11-10-14-8-6-5-7-9-14/h5-9,13,15-16,21H,10-12H2,1-4H3. The van der Waals surface area contributed by atoms with Crippen molar-refractivity contribution in [2.75, 3.05) is 27.8 Å². The van der Waals surface area contributed by atoms with Crippen molar-refractivity contribution in [3.63, 3.8) is 0 Å². The lowest BCUT2D eigenvalue weighted by molar-refractivity contribution is -0.150. The van der Waals surface area contributed by atoms with Crippen molar-refractivity contribution in [3.8, 4) is 0 Å². The van der Waals surface area contributed by atoms with E-state index in [4.69, 9.17) is 9.47 Å². The van der Waals surface area contributed by atoms with Crippen LogP contribution in [0.4, 0.5) is 4.79 Å². The second-order valence-corrected chi connectivity index (χ2v) is 6.90. The van der Waals surface area contributed by atoms with Gasteiger partial charge >= 0.3 is 18.0 Å². The molecule has 1 fully saturated rings. The molecule has 0 radical (unpaired) electrons. The van der Waals surface area contributed by atoms with E-state index in [0.29, 0.717) is 12.8 Å². The molecule has 2 rings (SSSR count). The Morgan fingerprint density at radius 3 is 2.41 bits per heavy atom. The lowest BCUT2D eigenvalue weighted by atomic mass is 10.0. The highest BCUT2D eigenvalue weighted by molar-refractivity contribution is 6.03. The number of hydrogen-bond acceptors (Lipinski definition) is 7. The smallest absolute Gasteiger partial charge is 0.331 e. The van der Waals surface area contributed by atoms with Crippen LogP contribution in [0, 0.1) is 0 Å². The largest absolute Gasteiger partial charge is 0.468 e. The van der Waals surface area contributed by atoms with Crippen molar-refractivity contribution in [3.05, 3.63) is 35.9 Å². The molecule has 0 spiro atoms. The average Bonchev–Trinajstić information content (AvgIpc) is 3.04. The van der Waals surface area contributed by atoms with Crippen molar-refractivity contribution in [1.82, 2.24) is 15.1 Å². The van der Waals surface area contributed by atoms with E-state index in [1.54, 1.807) is 6.92 Å². The molecule has 9 heteroatoms. The number of ether oxygens (including phenoxy) is 2. The van der Waals surface area contributed by atoms with Gasteiger partial charge in [0.1, 0.15) is 6.04 Å². The maximum Gasteiger partial charge on any atom is 0.331 e. The van der Waals surface area contributed by atoms with Gasteiger partial charge in [0.05, 0.1) is 26.8 Å². The molecule has 1 aliphatic rings. The maximum absolute atomic E-state index is 12.9. The topological polar surface area (TPSA) is 105 Å². The molecule has 1 aliphatic heterocycles.